The third-order valence-corrected chi connectivity index (χ3v) is 4.46. The van der Waals surface area contributed by atoms with Crippen molar-refractivity contribution in [2.24, 2.45) is 0 Å². The van der Waals surface area contributed by atoms with Gasteiger partial charge in [-0.3, -0.25) is 14.8 Å². The summed E-state index contributed by atoms with van der Waals surface area (Å²) in [6, 6.07) is 7.94. The Kier molecular flexibility index (Phi) is 8.78. The summed E-state index contributed by atoms with van der Waals surface area (Å²) in [7, 11) is 0. The summed E-state index contributed by atoms with van der Waals surface area (Å²) in [4.78, 5) is 21.9. The molecule has 0 aromatic carbocycles. The van der Waals surface area contributed by atoms with Gasteiger partial charge in [0.25, 0.3) is 0 Å². The first-order chi connectivity index (χ1) is 14.3. The van der Waals surface area contributed by atoms with Gasteiger partial charge in [0.1, 0.15) is 5.78 Å². The number of nitrogens with zero attached hydrogens (tertiary/aromatic N) is 2. The Hall–Kier alpha value is -2.95. The van der Waals surface area contributed by atoms with Crippen LogP contribution in [0, 0.1) is 27.7 Å². The number of Topliss-reactive ketones (excluding diaryl/α,β-unsaturated/α-hetero) is 1. The number of ketones is 1. The number of carbonyl (C=O) groups excluding carboxylic acids is 1. The van der Waals surface area contributed by atoms with E-state index in [4.69, 9.17) is 9.47 Å². The maximum Gasteiger partial charge on any atom is 0.141 e. The van der Waals surface area contributed by atoms with Crippen molar-refractivity contribution >= 4 is 16.9 Å². The first-order valence-electron chi connectivity index (χ1n) is 10.4. The highest BCUT2D eigenvalue weighted by Crippen LogP contribution is 2.26. The van der Waals surface area contributed by atoms with Crippen LogP contribution < -0.4 is 0 Å². The van der Waals surface area contributed by atoms with Gasteiger partial charge in [0.15, 0.2) is 0 Å². The molecule has 0 spiro atoms. The minimum absolute atomic E-state index is 0.0890. The van der Waals surface area contributed by atoms with Gasteiger partial charge < -0.3 is 9.47 Å². The van der Waals surface area contributed by atoms with E-state index >= 15 is 0 Å². The van der Waals surface area contributed by atoms with Crippen LogP contribution >= 0.6 is 0 Å². The van der Waals surface area contributed by atoms with Crippen LogP contribution in [0.1, 0.15) is 60.6 Å². The molecular formula is C25H32N2O3. The molecule has 2 aromatic rings. The van der Waals surface area contributed by atoms with E-state index in [-0.39, 0.29) is 18.6 Å². The Morgan fingerprint density at radius 1 is 0.733 bits per heavy atom. The number of hydrogen-bond donors (Lipinski definition) is 0. The van der Waals surface area contributed by atoms with Crippen LogP contribution in [0.5, 0.6) is 0 Å². The minimum atomic E-state index is 0.0890. The zero-order chi connectivity index (χ0) is 22.1. The molecule has 0 N–H and O–H groups in total. The molecule has 0 unspecified atom stereocenters. The molecule has 0 atom stereocenters. The van der Waals surface area contributed by atoms with Crippen LogP contribution in [0.4, 0.5) is 0 Å². The molecule has 0 bridgehead atoms. The zero-order valence-corrected chi connectivity index (χ0v) is 18.9. The third-order valence-electron chi connectivity index (χ3n) is 4.46. The molecule has 0 saturated heterocycles. The monoisotopic (exact) mass is 408 g/mol. The van der Waals surface area contributed by atoms with Gasteiger partial charge in [-0.1, -0.05) is 0 Å². The average Bonchev–Trinajstić information content (AvgIpc) is 2.66. The molecule has 0 aliphatic carbocycles. The van der Waals surface area contributed by atoms with Crippen LogP contribution in [0.2, 0.25) is 0 Å². The molecule has 0 aliphatic rings. The minimum Gasteiger partial charge on any atom is -0.501 e. The van der Waals surface area contributed by atoms with E-state index in [1.807, 2.05) is 65.8 Å². The van der Waals surface area contributed by atoms with Crippen LogP contribution in [0.25, 0.3) is 11.1 Å². The molecule has 30 heavy (non-hydrogen) atoms. The molecule has 0 saturated carbocycles. The maximum absolute atomic E-state index is 13.1. The summed E-state index contributed by atoms with van der Waals surface area (Å²) in [6.07, 6.45) is 3.93. The van der Waals surface area contributed by atoms with Gasteiger partial charge >= 0.3 is 0 Å². The van der Waals surface area contributed by atoms with Crippen molar-refractivity contribution in [3.8, 4) is 0 Å². The van der Waals surface area contributed by atoms with Gasteiger partial charge in [-0.15, -0.1) is 0 Å². The third kappa shape index (κ3) is 7.14. The van der Waals surface area contributed by atoms with E-state index in [1.54, 1.807) is 12.5 Å². The molecule has 2 heterocycles. The Morgan fingerprint density at radius 2 is 1.07 bits per heavy atom. The van der Waals surface area contributed by atoms with E-state index in [9.17, 15) is 4.79 Å². The van der Waals surface area contributed by atoms with Crippen molar-refractivity contribution < 1.29 is 14.3 Å². The van der Waals surface area contributed by atoms with Crippen molar-refractivity contribution in [2.45, 2.75) is 54.4 Å². The normalized spacial score (nSPS) is 12.1. The van der Waals surface area contributed by atoms with E-state index in [0.717, 1.165) is 45.0 Å². The number of hydrogen-bond acceptors (Lipinski definition) is 5. The van der Waals surface area contributed by atoms with Gasteiger partial charge in [0.05, 0.1) is 25.7 Å². The highest BCUT2D eigenvalue weighted by Gasteiger charge is 2.15. The largest absolute Gasteiger partial charge is 0.501 e. The molecule has 0 fully saturated rings. The van der Waals surface area contributed by atoms with Gasteiger partial charge in [-0.25, -0.2) is 0 Å². The van der Waals surface area contributed by atoms with Crippen LogP contribution in [-0.2, 0) is 14.3 Å². The summed E-state index contributed by atoms with van der Waals surface area (Å²) in [5.41, 5.74) is 7.31. The SMILES string of the molecule is CCOC=C(CC(=O)CC(=COCC)c1cc(C)nc(C)c1)c1cc(C)nc(C)c1. The Morgan fingerprint density at radius 3 is 1.37 bits per heavy atom. The quantitative estimate of drug-likeness (QED) is 0.485. The molecule has 5 nitrogen and oxygen atoms in total. The van der Waals surface area contributed by atoms with Crippen LogP contribution in [-0.4, -0.2) is 29.0 Å². The molecule has 160 valence electrons. The number of ether oxygens (including phenoxy) is 2. The lowest BCUT2D eigenvalue weighted by atomic mass is 9.95. The predicted octanol–water partition coefficient (Wildman–Crippen LogP) is 5.51. The second-order valence-corrected chi connectivity index (χ2v) is 7.37. The Bertz CT molecular complexity index is 829. The number of allylic oxidation sites excluding steroid dienone is 2. The molecule has 0 aliphatic heterocycles. The number of aryl methyl sites for hydroxylation is 4. The second kappa shape index (κ2) is 11.3. The first kappa shape index (κ1) is 23.3. The van der Waals surface area contributed by atoms with Crippen LogP contribution in [0.3, 0.4) is 0 Å². The standard InChI is InChI=1S/C25H32N2O3/c1-7-29-15-23(21-9-17(3)26-18(4)10-21)13-25(28)14-24(16-30-8-2)22-11-19(5)27-20(6)12-22/h9-12,15-16H,7-8,13-14H2,1-6H3. The van der Waals surface area contributed by atoms with Crippen LogP contribution in [0.15, 0.2) is 36.8 Å². The lowest BCUT2D eigenvalue weighted by Gasteiger charge is -2.12. The number of pyridine rings is 2. The number of carbonyl (C=O) groups is 1. The molecule has 0 amide bonds. The van der Waals surface area contributed by atoms with Gasteiger partial charge in [-0.05, 0) is 76.9 Å². The Labute approximate surface area is 179 Å². The first-order valence-corrected chi connectivity index (χ1v) is 10.4. The molecule has 5 heteroatoms. The summed E-state index contributed by atoms with van der Waals surface area (Å²) in [6.45, 7) is 12.8. The summed E-state index contributed by atoms with van der Waals surface area (Å²) in [5.74, 6) is 0.0890. The van der Waals surface area contributed by atoms with Crippen molar-refractivity contribution in [3.63, 3.8) is 0 Å². The van der Waals surface area contributed by atoms with Crippen molar-refractivity contribution in [3.05, 3.63) is 70.7 Å². The van der Waals surface area contributed by atoms with Crippen molar-refractivity contribution in [1.82, 2.24) is 9.97 Å². The second-order valence-electron chi connectivity index (χ2n) is 7.37. The highest BCUT2D eigenvalue weighted by atomic mass is 16.5. The Balaban J connectivity index is 2.28. The van der Waals surface area contributed by atoms with E-state index < -0.39 is 0 Å². The summed E-state index contributed by atoms with van der Waals surface area (Å²) < 4.78 is 11.1. The fourth-order valence-corrected chi connectivity index (χ4v) is 3.32. The number of aromatic nitrogens is 2. The fraction of sp³-hybridized carbons (Fsp3) is 0.400. The topological polar surface area (TPSA) is 61.3 Å². The highest BCUT2D eigenvalue weighted by molar-refractivity contribution is 5.96. The fourth-order valence-electron chi connectivity index (χ4n) is 3.32. The molecule has 0 radical (unpaired) electrons. The van der Waals surface area contributed by atoms with Gasteiger partial charge in [0, 0.05) is 46.8 Å². The van der Waals surface area contributed by atoms with E-state index in [1.165, 1.54) is 0 Å². The predicted molar refractivity (Wildman–Crippen MR) is 121 cm³/mol. The molecular weight excluding hydrogens is 376 g/mol. The van der Waals surface area contributed by atoms with Gasteiger partial charge in [0.2, 0.25) is 0 Å². The molecule has 2 rings (SSSR count). The van der Waals surface area contributed by atoms with Crippen molar-refractivity contribution in [1.29, 1.82) is 0 Å². The lowest BCUT2D eigenvalue weighted by molar-refractivity contribution is -0.117. The van der Waals surface area contributed by atoms with Crippen molar-refractivity contribution in [2.75, 3.05) is 13.2 Å². The average molecular weight is 409 g/mol. The maximum atomic E-state index is 13.1. The van der Waals surface area contributed by atoms with Gasteiger partial charge in [-0.2, -0.15) is 0 Å². The summed E-state index contributed by atoms with van der Waals surface area (Å²) in [5, 5.41) is 0. The summed E-state index contributed by atoms with van der Waals surface area (Å²) >= 11 is 0. The van der Waals surface area contributed by atoms with E-state index in [2.05, 4.69) is 9.97 Å². The van der Waals surface area contributed by atoms with E-state index in [0.29, 0.717) is 13.2 Å². The lowest BCUT2D eigenvalue weighted by Crippen LogP contribution is -2.04. The smallest absolute Gasteiger partial charge is 0.141 e. The zero-order valence-electron chi connectivity index (χ0n) is 18.9. The number of rotatable bonds is 10. The molecule has 2 aromatic heterocycles.